The molecule has 0 unspecified atom stereocenters. The summed E-state index contributed by atoms with van der Waals surface area (Å²) in [5.41, 5.74) is 0.800. The third kappa shape index (κ3) is 4.06. The molecule has 9 heteroatoms. The molecule has 2 aromatic rings. The molecule has 5 rings (SSSR count). The smallest absolute Gasteiger partial charge is 0.416 e. The fourth-order valence-electron chi connectivity index (χ4n) is 6.45. The molecule has 0 aromatic heterocycles. The van der Waals surface area contributed by atoms with E-state index in [1.54, 1.807) is 0 Å². The molecule has 2 aromatic carbocycles. The van der Waals surface area contributed by atoms with Gasteiger partial charge in [0.2, 0.25) is 0 Å². The van der Waals surface area contributed by atoms with Crippen LogP contribution >= 0.6 is 0 Å². The fourth-order valence-corrected chi connectivity index (χ4v) is 6.45. The summed E-state index contributed by atoms with van der Waals surface area (Å²) in [4.78, 5) is 13.6. The molecule has 0 radical (unpaired) electrons. The van der Waals surface area contributed by atoms with Crippen molar-refractivity contribution in [2.45, 2.75) is 70.5 Å². The van der Waals surface area contributed by atoms with Gasteiger partial charge in [0.15, 0.2) is 5.78 Å². The topological polar surface area (TPSA) is 46.5 Å². The zero-order chi connectivity index (χ0) is 27.0. The number of hydrogen-bond acceptors (Lipinski definition) is 3. The summed E-state index contributed by atoms with van der Waals surface area (Å²) in [6.45, 7) is 5.85. The third-order valence-electron chi connectivity index (χ3n) is 7.97. The lowest BCUT2D eigenvalue weighted by Crippen LogP contribution is -2.33. The minimum atomic E-state index is -4.96. The van der Waals surface area contributed by atoms with Crippen molar-refractivity contribution in [3.63, 3.8) is 0 Å². The molecule has 198 valence electrons. The number of allylic oxidation sites excluding steroid dienone is 1. The molecule has 0 saturated carbocycles. The van der Waals surface area contributed by atoms with Crippen LogP contribution in [0.3, 0.4) is 0 Å². The van der Waals surface area contributed by atoms with Crippen LogP contribution in [0.5, 0.6) is 0 Å². The first-order valence-electron chi connectivity index (χ1n) is 12.3. The van der Waals surface area contributed by atoms with Crippen molar-refractivity contribution < 1.29 is 41.0 Å². The number of halogens is 6. The van der Waals surface area contributed by atoms with Crippen LogP contribution < -0.4 is 0 Å². The van der Waals surface area contributed by atoms with Gasteiger partial charge in [-0.25, -0.2) is 0 Å². The van der Waals surface area contributed by atoms with Crippen LogP contribution in [0.25, 0.3) is 5.57 Å². The quantitative estimate of drug-likeness (QED) is 0.431. The van der Waals surface area contributed by atoms with E-state index in [1.807, 2.05) is 32.9 Å². The Hall–Kier alpha value is -2.81. The first-order chi connectivity index (χ1) is 17.3. The van der Waals surface area contributed by atoms with Crippen LogP contribution in [0.2, 0.25) is 0 Å². The van der Waals surface area contributed by atoms with E-state index in [4.69, 9.17) is 4.74 Å². The van der Waals surface area contributed by atoms with E-state index in [-0.39, 0.29) is 35.2 Å². The van der Waals surface area contributed by atoms with Gasteiger partial charge in [0, 0.05) is 5.92 Å². The highest BCUT2D eigenvalue weighted by Gasteiger charge is 2.63. The van der Waals surface area contributed by atoms with Crippen molar-refractivity contribution >= 4 is 11.4 Å². The molecule has 2 aliphatic heterocycles. The maximum Gasteiger partial charge on any atom is 0.416 e. The second-order valence-corrected chi connectivity index (χ2v) is 10.2. The number of ketones is 1. The second kappa shape index (κ2) is 8.61. The van der Waals surface area contributed by atoms with Gasteiger partial charge in [0.05, 0.1) is 40.7 Å². The number of hydrogen-bond donors (Lipinski definition) is 1. The van der Waals surface area contributed by atoms with Gasteiger partial charge >= 0.3 is 12.4 Å². The molecule has 0 amide bonds. The Bertz CT molecular complexity index is 1250. The molecule has 1 aliphatic carbocycles. The van der Waals surface area contributed by atoms with Gasteiger partial charge in [-0.1, -0.05) is 31.5 Å². The number of ether oxygens (including phenoxy) is 1. The number of aliphatic hydroxyl groups excluding tert-OH is 1. The number of alkyl halides is 6. The maximum atomic E-state index is 13.6. The number of rotatable bonds is 4. The van der Waals surface area contributed by atoms with Gasteiger partial charge in [0.1, 0.15) is 5.76 Å². The SMILES string of the molecule is CCc1cc(C)cc(CC)c1C1=C(O)[C@@H]2[C@@H]3O[C@@H](C[C@H]3c3cc(C(F)(F)F)cc(C(F)(F)F)c3)[C@@H]2C1=O. The number of aryl methyl sites for hydroxylation is 3. The summed E-state index contributed by atoms with van der Waals surface area (Å²) >= 11 is 0. The molecule has 2 fully saturated rings. The Morgan fingerprint density at radius 3 is 1.92 bits per heavy atom. The molecule has 2 saturated heterocycles. The van der Waals surface area contributed by atoms with E-state index in [9.17, 15) is 36.2 Å². The van der Waals surface area contributed by atoms with Crippen LogP contribution in [-0.2, 0) is 34.7 Å². The molecule has 37 heavy (non-hydrogen) atoms. The minimum absolute atomic E-state index is 0.102. The second-order valence-electron chi connectivity index (χ2n) is 10.2. The lowest BCUT2D eigenvalue weighted by molar-refractivity contribution is -0.143. The molecular weight excluding hydrogens is 498 g/mol. The normalized spacial score (nSPS) is 27.4. The molecule has 3 nitrogen and oxygen atoms in total. The highest BCUT2D eigenvalue weighted by atomic mass is 19.4. The van der Waals surface area contributed by atoms with E-state index in [0.29, 0.717) is 18.4 Å². The predicted octanol–water partition coefficient (Wildman–Crippen LogP) is 7.20. The largest absolute Gasteiger partial charge is 0.511 e. The van der Waals surface area contributed by atoms with Crippen LogP contribution in [0.4, 0.5) is 26.3 Å². The Labute approximate surface area is 210 Å². The lowest BCUT2D eigenvalue weighted by atomic mass is 9.72. The van der Waals surface area contributed by atoms with Crippen LogP contribution in [-0.4, -0.2) is 23.1 Å². The number of carbonyl (C=O) groups excluding carboxylic acids is 1. The molecule has 5 atom stereocenters. The van der Waals surface area contributed by atoms with Crippen molar-refractivity contribution in [1.29, 1.82) is 0 Å². The molecule has 3 aliphatic rings. The summed E-state index contributed by atoms with van der Waals surface area (Å²) in [7, 11) is 0. The average molecular weight is 525 g/mol. The predicted molar refractivity (Wildman–Crippen MR) is 124 cm³/mol. The highest BCUT2D eigenvalue weighted by Crippen LogP contribution is 2.59. The summed E-state index contributed by atoms with van der Waals surface area (Å²) < 4.78 is 86.7. The number of fused-ring (bicyclic) bond motifs is 5. The van der Waals surface area contributed by atoms with E-state index < -0.39 is 53.4 Å². The van der Waals surface area contributed by atoms with Crippen molar-refractivity contribution in [1.82, 2.24) is 0 Å². The minimum Gasteiger partial charge on any atom is -0.511 e. The Morgan fingerprint density at radius 1 is 0.892 bits per heavy atom. The van der Waals surface area contributed by atoms with E-state index >= 15 is 0 Å². The third-order valence-corrected chi connectivity index (χ3v) is 7.97. The monoisotopic (exact) mass is 524 g/mol. The van der Waals surface area contributed by atoms with Gasteiger partial charge in [-0.3, -0.25) is 4.79 Å². The van der Waals surface area contributed by atoms with Gasteiger partial charge < -0.3 is 9.84 Å². The van der Waals surface area contributed by atoms with Crippen molar-refractivity contribution in [3.05, 3.63) is 75.0 Å². The van der Waals surface area contributed by atoms with Crippen molar-refractivity contribution in [2.75, 3.05) is 0 Å². The number of benzene rings is 2. The lowest BCUT2D eigenvalue weighted by Gasteiger charge is -2.28. The van der Waals surface area contributed by atoms with Gasteiger partial charge in [-0.2, -0.15) is 26.3 Å². The van der Waals surface area contributed by atoms with Gasteiger partial charge in [-0.15, -0.1) is 0 Å². The fraction of sp³-hybridized carbons (Fsp3) is 0.464. The Kier molecular flexibility index (Phi) is 6.01. The van der Waals surface area contributed by atoms with Crippen LogP contribution in [0.1, 0.15) is 65.1 Å². The molecule has 0 spiro atoms. The van der Waals surface area contributed by atoms with Gasteiger partial charge in [-0.05, 0) is 66.6 Å². The summed E-state index contributed by atoms with van der Waals surface area (Å²) in [5, 5.41) is 11.4. The standard InChI is InChI=1S/C28H26F6O3/c1-4-13-6-12(3)7-14(5-2)20(13)22-24(35)21-19-11-18(26(37-19)23(21)25(22)36)15-8-16(27(29,30)31)10-17(9-15)28(32,33)34/h6-10,18-19,21,23,26,36H,4-5,11H2,1-3H3/t18-,19-,21-,23+,26+/m0/s1. The first kappa shape index (κ1) is 25.8. The summed E-state index contributed by atoms with van der Waals surface area (Å²) in [5.74, 6) is -2.80. The molecule has 1 N–H and O–H groups in total. The average Bonchev–Trinajstić information content (AvgIpc) is 3.48. The molecule has 2 bridgehead atoms. The summed E-state index contributed by atoms with van der Waals surface area (Å²) in [6.07, 6.45) is -10.2. The van der Waals surface area contributed by atoms with Crippen molar-refractivity contribution in [2.24, 2.45) is 11.8 Å². The first-order valence-corrected chi connectivity index (χ1v) is 12.3. The maximum absolute atomic E-state index is 13.6. The zero-order valence-electron chi connectivity index (χ0n) is 20.4. The highest BCUT2D eigenvalue weighted by molar-refractivity contribution is 6.26. The van der Waals surface area contributed by atoms with Crippen LogP contribution in [0, 0.1) is 18.8 Å². The number of aliphatic hydroxyl groups is 1. The number of Topliss-reactive ketones (excluding diaryl/α,β-unsaturated/α-hetero) is 1. The van der Waals surface area contributed by atoms with E-state index in [2.05, 4.69) is 0 Å². The zero-order valence-corrected chi connectivity index (χ0v) is 20.4. The Morgan fingerprint density at radius 2 is 1.43 bits per heavy atom. The Balaban J connectivity index is 1.59. The van der Waals surface area contributed by atoms with Gasteiger partial charge in [0.25, 0.3) is 0 Å². The molecule has 2 heterocycles. The van der Waals surface area contributed by atoms with E-state index in [1.165, 1.54) is 0 Å². The van der Waals surface area contributed by atoms with Crippen LogP contribution in [0.15, 0.2) is 36.1 Å². The van der Waals surface area contributed by atoms with Crippen molar-refractivity contribution in [3.8, 4) is 0 Å². The summed E-state index contributed by atoms with van der Waals surface area (Å²) in [6, 6.07) is 5.48. The van der Waals surface area contributed by atoms with E-state index in [0.717, 1.165) is 28.8 Å². The number of carbonyl (C=O) groups is 1. The molecular formula is C28H26F6O3.